The molecule has 26 heavy (non-hydrogen) atoms. The zero-order chi connectivity index (χ0) is 18.5. The number of nitrogens with zero attached hydrogens (tertiary/aromatic N) is 3. The number of rotatable bonds is 2. The first-order valence-corrected chi connectivity index (χ1v) is 9.00. The lowest BCUT2D eigenvalue weighted by molar-refractivity contribution is 0.209. The second-order valence-electron chi connectivity index (χ2n) is 7.57. The Labute approximate surface area is 154 Å². The number of carbonyl (C=O) groups is 1. The number of likely N-dealkylation sites (tertiary alicyclic amines) is 1. The quantitative estimate of drug-likeness (QED) is 0.827. The highest BCUT2D eigenvalue weighted by molar-refractivity contribution is 5.88. The van der Waals surface area contributed by atoms with Gasteiger partial charge in [-0.1, -0.05) is 25.1 Å². The maximum atomic E-state index is 12.5. The molecule has 0 bridgehead atoms. The van der Waals surface area contributed by atoms with Gasteiger partial charge in [0.05, 0.1) is 6.17 Å². The van der Waals surface area contributed by atoms with Gasteiger partial charge in [-0.3, -0.25) is 9.80 Å². The summed E-state index contributed by atoms with van der Waals surface area (Å²) in [6.45, 7) is 3.39. The van der Waals surface area contributed by atoms with Crippen molar-refractivity contribution in [2.75, 3.05) is 37.5 Å². The number of ether oxygens (including phenoxy) is 1. The molecule has 136 valence electrons. The maximum absolute atomic E-state index is 12.5. The predicted octanol–water partition coefficient (Wildman–Crippen LogP) is 3.69. The van der Waals surface area contributed by atoms with Crippen LogP contribution in [0.15, 0.2) is 48.5 Å². The minimum absolute atomic E-state index is 0.0621. The van der Waals surface area contributed by atoms with E-state index in [9.17, 15) is 4.79 Å². The fraction of sp³-hybridized carbons (Fsp3) is 0.381. The van der Waals surface area contributed by atoms with Gasteiger partial charge < -0.3 is 9.64 Å². The number of amides is 1. The second-order valence-corrected chi connectivity index (χ2v) is 7.57. The van der Waals surface area contributed by atoms with E-state index in [0.717, 1.165) is 18.7 Å². The maximum Gasteiger partial charge on any atom is 0.419 e. The molecule has 0 saturated carbocycles. The van der Waals surface area contributed by atoms with Crippen molar-refractivity contribution >= 4 is 17.5 Å². The number of anilines is 2. The van der Waals surface area contributed by atoms with Crippen LogP contribution in [0.4, 0.5) is 16.2 Å². The Morgan fingerprint density at radius 1 is 1.19 bits per heavy atom. The summed E-state index contributed by atoms with van der Waals surface area (Å²) in [6, 6.07) is 15.5. The van der Waals surface area contributed by atoms with Crippen LogP contribution in [0.5, 0.6) is 5.75 Å². The molecule has 2 aliphatic heterocycles. The van der Waals surface area contributed by atoms with Crippen molar-refractivity contribution < 1.29 is 9.53 Å². The van der Waals surface area contributed by atoms with Crippen LogP contribution in [0, 0.1) is 0 Å². The van der Waals surface area contributed by atoms with Crippen molar-refractivity contribution in [3.8, 4) is 5.75 Å². The van der Waals surface area contributed by atoms with Gasteiger partial charge in [0.2, 0.25) is 0 Å². The van der Waals surface area contributed by atoms with E-state index in [4.69, 9.17) is 4.74 Å². The molecule has 2 aromatic rings. The van der Waals surface area contributed by atoms with E-state index in [1.165, 1.54) is 16.2 Å². The Bertz CT molecular complexity index is 838. The summed E-state index contributed by atoms with van der Waals surface area (Å²) in [5.41, 5.74) is 3.36. The molecule has 1 saturated heterocycles. The average Bonchev–Trinajstić information content (AvgIpc) is 3.07. The summed E-state index contributed by atoms with van der Waals surface area (Å²) >= 11 is 0. The van der Waals surface area contributed by atoms with Crippen LogP contribution >= 0.6 is 0 Å². The summed E-state index contributed by atoms with van der Waals surface area (Å²) < 4.78 is 5.67. The molecule has 1 fully saturated rings. The SMILES string of the molecule is CN(C(=O)Oc1ccc2c(c1)[C@]1(C)CCN(C)C1N2C)c1ccccc1. The summed E-state index contributed by atoms with van der Waals surface area (Å²) in [4.78, 5) is 18.8. The Hall–Kier alpha value is -2.53. The van der Waals surface area contributed by atoms with Crippen LogP contribution in [-0.4, -0.2) is 44.8 Å². The minimum Gasteiger partial charge on any atom is -0.410 e. The van der Waals surface area contributed by atoms with Gasteiger partial charge in [-0.25, -0.2) is 4.79 Å². The number of benzene rings is 2. The van der Waals surface area contributed by atoms with Gasteiger partial charge in [0.25, 0.3) is 0 Å². The van der Waals surface area contributed by atoms with Gasteiger partial charge in [-0.05, 0) is 49.4 Å². The molecule has 2 heterocycles. The lowest BCUT2D eigenvalue weighted by Gasteiger charge is -2.32. The molecular weight excluding hydrogens is 326 g/mol. The topological polar surface area (TPSA) is 36.0 Å². The molecule has 5 nitrogen and oxygen atoms in total. The van der Waals surface area contributed by atoms with Crippen LogP contribution < -0.4 is 14.5 Å². The molecule has 0 spiro atoms. The Morgan fingerprint density at radius 3 is 2.65 bits per heavy atom. The van der Waals surface area contributed by atoms with Crippen molar-refractivity contribution in [1.29, 1.82) is 0 Å². The zero-order valence-electron chi connectivity index (χ0n) is 15.8. The van der Waals surface area contributed by atoms with Gasteiger partial charge in [-0.2, -0.15) is 0 Å². The molecular formula is C21H25N3O2. The average molecular weight is 351 g/mol. The van der Waals surface area contributed by atoms with Crippen molar-refractivity contribution in [3.63, 3.8) is 0 Å². The Kier molecular flexibility index (Phi) is 3.92. The number of likely N-dealkylation sites (N-methyl/N-ethyl adjacent to an activating group) is 2. The normalized spacial score (nSPS) is 24.3. The van der Waals surface area contributed by atoms with Crippen molar-refractivity contribution in [2.45, 2.75) is 24.9 Å². The van der Waals surface area contributed by atoms with E-state index in [1.54, 1.807) is 7.05 Å². The third-order valence-electron chi connectivity index (χ3n) is 5.92. The largest absolute Gasteiger partial charge is 0.419 e. The molecule has 4 rings (SSSR count). The van der Waals surface area contributed by atoms with Crippen LogP contribution in [-0.2, 0) is 5.41 Å². The molecule has 2 aliphatic rings. The molecule has 2 atom stereocenters. The molecule has 5 heteroatoms. The number of hydrogen-bond donors (Lipinski definition) is 0. The summed E-state index contributed by atoms with van der Waals surface area (Å²) in [6.07, 6.45) is 1.08. The molecule has 1 amide bonds. The van der Waals surface area contributed by atoms with E-state index < -0.39 is 0 Å². The highest BCUT2D eigenvalue weighted by Crippen LogP contribution is 2.51. The smallest absolute Gasteiger partial charge is 0.410 e. The summed E-state index contributed by atoms with van der Waals surface area (Å²) in [7, 11) is 6.04. The van der Waals surface area contributed by atoms with Gasteiger partial charge in [-0.15, -0.1) is 0 Å². The Morgan fingerprint density at radius 2 is 1.92 bits per heavy atom. The first kappa shape index (κ1) is 16.9. The van der Waals surface area contributed by atoms with E-state index >= 15 is 0 Å². The number of carbonyl (C=O) groups excluding carboxylic acids is 1. The highest BCUT2D eigenvalue weighted by Gasteiger charge is 2.52. The van der Waals surface area contributed by atoms with Gasteiger partial charge in [0, 0.05) is 37.4 Å². The predicted molar refractivity (Wildman–Crippen MR) is 104 cm³/mol. The first-order valence-electron chi connectivity index (χ1n) is 9.00. The molecule has 0 aromatic heterocycles. The van der Waals surface area contributed by atoms with Crippen LogP contribution in [0.25, 0.3) is 0 Å². The van der Waals surface area contributed by atoms with Crippen molar-refractivity contribution in [2.24, 2.45) is 0 Å². The highest BCUT2D eigenvalue weighted by atomic mass is 16.6. The number of para-hydroxylation sites is 1. The zero-order valence-corrected chi connectivity index (χ0v) is 15.8. The standard InChI is InChI=1S/C21H25N3O2/c1-21-12-13-22(2)19(21)24(4)18-11-10-16(14-17(18)21)26-20(25)23(3)15-8-6-5-7-9-15/h5-11,14,19H,12-13H2,1-4H3/t19?,21-/m0/s1. The molecule has 0 aliphatic carbocycles. The number of hydrogen-bond acceptors (Lipinski definition) is 4. The molecule has 2 aromatic carbocycles. The van der Waals surface area contributed by atoms with Crippen LogP contribution in [0.1, 0.15) is 18.9 Å². The van der Waals surface area contributed by atoms with E-state index in [1.807, 2.05) is 42.5 Å². The molecule has 1 unspecified atom stereocenters. The second kappa shape index (κ2) is 6.02. The fourth-order valence-corrected chi connectivity index (χ4v) is 4.54. The minimum atomic E-state index is -0.382. The van der Waals surface area contributed by atoms with E-state index in [0.29, 0.717) is 11.9 Å². The van der Waals surface area contributed by atoms with Crippen LogP contribution in [0.3, 0.4) is 0 Å². The van der Waals surface area contributed by atoms with Crippen LogP contribution in [0.2, 0.25) is 0 Å². The fourth-order valence-electron chi connectivity index (χ4n) is 4.54. The van der Waals surface area contributed by atoms with Gasteiger partial charge in [0.15, 0.2) is 0 Å². The number of fused-ring (bicyclic) bond motifs is 3. The Balaban J connectivity index is 1.59. The molecule has 0 N–H and O–H groups in total. The monoisotopic (exact) mass is 351 g/mol. The van der Waals surface area contributed by atoms with E-state index in [2.05, 4.69) is 36.9 Å². The van der Waals surface area contributed by atoms with Gasteiger partial charge >= 0.3 is 6.09 Å². The summed E-state index contributed by atoms with van der Waals surface area (Å²) in [5, 5.41) is 0. The third kappa shape index (κ3) is 2.46. The lowest BCUT2D eigenvalue weighted by atomic mass is 9.81. The molecule has 0 radical (unpaired) electrons. The van der Waals surface area contributed by atoms with E-state index in [-0.39, 0.29) is 11.5 Å². The van der Waals surface area contributed by atoms with Gasteiger partial charge in [0.1, 0.15) is 5.75 Å². The third-order valence-corrected chi connectivity index (χ3v) is 5.92. The van der Waals surface area contributed by atoms with Crippen molar-refractivity contribution in [3.05, 3.63) is 54.1 Å². The van der Waals surface area contributed by atoms with Crippen molar-refractivity contribution in [1.82, 2.24) is 4.90 Å². The lowest BCUT2D eigenvalue weighted by Crippen LogP contribution is -2.45. The summed E-state index contributed by atoms with van der Waals surface area (Å²) in [5.74, 6) is 0.598. The first-order chi connectivity index (χ1) is 12.4.